The van der Waals surface area contributed by atoms with Crippen LogP contribution in [-0.2, 0) is 0 Å². The number of nitrogens with zero attached hydrogens (tertiary/aromatic N) is 2. The Morgan fingerprint density at radius 2 is 1.83 bits per heavy atom. The van der Waals surface area contributed by atoms with Crippen molar-refractivity contribution < 1.29 is 4.79 Å². The number of rotatable bonds is 7. The lowest BCUT2D eigenvalue weighted by atomic mass is 10.2. The van der Waals surface area contributed by atoms with Crippen LogP contribution in [0.4, 0.5) is 11.4 Å². The highest BCUT2D eigenvalue weighted by Crippen LogP contribution is 2.30. The highest BCUT2D eigenvalue weighted by atomic mass is 32.1. The van der Waals surface area contributed by atoms with Crippen molar-refractivity contribution in [3.63, 3.8) is 0 Å². The summed E-state index contributed by atoms with van der Waals surface area (Å²) in [5, 5.41) is 6.02. The fourth-order valence-corrected chi connectivity index (χ4v) is 3.45. The van der Waals surface area contributed by atoms with Crippen LogP contribution in [0.2, 0.25) is 0 Å². The predicted molar refractivity (Wildman–Crippen MR) is 125 cm³/mol. The molecule has 0 saturated carbocycles. The molecule has 3 aromatic rings. The second-order valence-corrected chi connectivity index (χ2v) is 7.30. The quantitative estimate of drug-likeness (QED) is 0.502. The van der Waals surface area contributed by atoms with Gasteiger partial charge in [0.2, 0.25) is 0 Å². The van der Waals surface area contributed by atoms with Crippen molar-refractivity contribution in [3.8, 4) is 0 Å². The summed E-state index contributed by atoms with van der Waals surface area (Å²) in [7, 11) is 0. The van der Waals surface area contributed by atoms with E-state index < -0.39 is 0 Å². The lowest BCUT2D eigenvalue weighted by Gasteiger charge is -2.27. The van der Waals surface area contributed by atoms with Crippen molar-refractivity contribution in [2.45, 2.75) is 26.7 Å². The average Bonchev–Trinajstić information content (AvgIpc) is 2.73. The van der Waals surface area contributed by atoms with Gasteiger partial charge in [-0.25, -0.2) is 4.98 Å². The van der Waals surface area contributed by atoms with Gasteiger partial charge >= 0.3 is 0 Å². The molecule has 0 fully saturated rings. The lowest BCUT2D eigenvalue weighted by molar-refractivity contribution is 0.0977. The second kappa shape index (κ2) is 9.98. The molecule has 0 radical (unpaired) electrons. The number of thiocarbonyl (C=S) groups is 1. The molecule has 0 atom stereocenters. The molecule has 3 N–H and O–H groups in total. The number of aromatic nitrogens is 2. The molecular formula is C22H25N5O2S. The number of anilines is 2. The van der Waals surface area contributed by atoms with Crippen LogP contribution < -0.4 is 21.1 Å². The zero-order valence-corrected chi connectivity index (χ0v) is 17.9. The number of H-pyrrole nitrogens is 1. The van der Waals surface area contributed by atoms with Gasteiger partial charge < -0.3 is 15.2 Å². The smallest absolute Gasteiger partial charge is 0.266 e. The fraction of sp³-hybridized carbons (Fsp3) is 0.273. The Kier molecular flexibility index (Phi) is 7.13. The van der Waals surface area contributed by atoms with E-state index >= 15 is 0 Å². The Balaban J connectivity index is 1.93. The minimum absolute atomic E-state index is 0.184. The lowest BCUT2D eigenvalue weighted by Crippen LogP contribution is -2.35. The molecule has 1 aromatic heterocycles. The van der Waals surface area contributed by atoms with Gasteiger partial charge in [-0.1, -0.05) is 32.0 Å². The Hall–Kier alpha value is -3.26. The number of carbonyl (C=O) groups is 1. The minimum Gasteiger partial charge on any atom is -0.370 e. The summed E-state index contributed by atoms with van der Waals surface area (Å²) in [4.78, 5) is 33.4. The summed E-state index contributed by atoms with van der Waals surface area (Å²) in [6.45, 7) is 5.97. The molecule has 30 heavy (non-hydrogen) atoms. The van der Waals surface area contributed by atoms with Crippen LogP contribution in [0.25, 0.3) is 11.0 Å². The summed E-state index contributed by atoms with van der Waals surface area (Å²) in [5.74, 6) is -0.288. The SMILES string of the molecule is CCCN(CCC)c1cc2ncc(=O)[nH]c2cc1NC(=S)NC(=O)c1ccccc1. The van der Waals surface area contributed by atoms with Gasteiger partial charge in [0.25, 0.3) is 11.5 Å². The molecule has 1 heterocycles. The van der Waals surface area contributed by atoms with Gasteiger partial charge in [-0.3, -0.25) is 14.9 Å². The van der Waals surface area contributed by atoms with Crippen LogP contribution in [0.1, 0.15) is 37.0 Å². The first kappa shape index (κ1) is 21.4. The first-order valence-corrected chi connectivity index (χ1v) is 10.4. The molecule has 156 valence electrons. The maximum atomic E-state index is 12.4. The molecule has 7 nitrogen and oxygen atoms in total. The molecule has 0 aliphatic heterocycles. The van der Waals surface area contributed by atoms with Crippen LogP contribution in [-0.4, -0.2) is 34.1 Å². The van der Waals surface area contributed by atoms with Gasteiger partial charge in [-0.15, -0.1) is 0 Å². The van der Waals surface area contributed by atoms with Crippen LogP contribution in [0, 0.1) is 0 Å². The highest BCUT2D eigenvalue weighted by Gasteiger charge is 2.15. The summed E-state index contributed by atoms with van der Waals surface area (Å²) in [6, 6.07) is 12.6. The summed E-state index contributed by atoms with van der Waals surface area (Å²) in [5.41, 5.74) is 3.14. The Labute approximate surface area is 180 Å². The van der Waals surface area contributed by atoms with E-state index in [4.69, 9.17) is 12.2 Å². The van der Waals surface area contributed by atoms with Crippen molar-refractivity contribution in [1.82, 2.24) is 15.3 Å². The van der Waals surface area contributed by atoms with Crippen LogP contribution >= 0.6 is 12.2 Å². The normalized spacial score (nSPS) is 10.6. The molecule has 0 aliphatic carbocycles. The zero-order valence-electron chi connectivity index (χ0n) is 17.1. The molecule has 0 bridgehead atoms. The zero-order chi connectivity index (χ0) is 21.5. The van der Waals surface area contributed by atoms with E-state index in [1.165, 1.54) is 6.20 Å². The van der Waals surface area contributed by atoms with E-state index in [2.05, 4.69) is 39.3 Å². The molecule has 0 spiro atoms. The Bertz CT molecular complexity index is 1090. The second-order valence-electron chi connectivity index (χ2n) is 6.90. The molecule has 1 amide bonds. The van der Waals surface area contributed by atoms with Gasteiger partial charge in [-0.05, 0) is 49.3 Å². The van der Waals surface area contributed by atoms with Crippen LogP contribution in [0.15, 0.2) is 53.5 Å². The maximum absolute atomic E-state index is 12.4. The van der Waals surface area contributed by atoms with Gasteiger partial charge in [0.1, 0.15) is 0 Å². The molecule has 8 heteroatoms. The van der Waals surface area contributed by atoms with E-state index in [1.807, 2.05) is 12.1 Å². The monoisotopic (exact) mass is 423 g/mol. The summed E-state index contributed by atoms with van der Waals surface area (Å²) in [6.07, 6.45) is 3.23. The Morgan fingerprint density at radius 3 is 2.50 bits per heavy atom. The number of aromatic amines is 1. The van der Waals surface area contributed by atoms with E-state index in [0.717, 1.165) is 31.6 Å². The van der Waals surface area contributed by atoms with E-state index in [-0.39, 0.29) is 16.6 Å². The number of hydrogen-bond acceptors (Lipinski definition) is 5. The number of amides is 1. The average molecular weight is 424 g/mol. The number of hydrogen-bond donors (Lipinski definition) is 3. The number of carbonyl (C=O) groups excluding carboxylic acids is 1. The van der Waals surface area contributed by atoms with Crippen LogP contribution in [0.5, 0.6) is 0 Å². The maximum Gasteiger partial charge on any atom is 0.266 e. The van der Waals surface area contributed by atoms with Crippen LogP contribution in [0.3, 0.4) is 0 Å². The predicted octanol–water partition coefficient (Wildman–Crippen LogP) is 3.68. The standard InChI is InChI=1S/C22H25N5O2S/c1-3-10-27(11-4-2)19-13-16-17(24-20(28)14-23-16)12-18(19)25-22(30)26-21(29)15-8-6-5-7-9-15/h5-9,12-14H,3-4,10-11H2,1-2H3,(H,24,28)(H2,25,26,29,30). The first-order valence-electron chi connectivity index (χ1n) is 9.97. The number of nitrogens with one attached hydrogen (secondary N) is 3. The van der Waals surface area contributed by atoms with Gasteiger partial charge in [0, 0.05) is 18.7 Å². The Morgan fingerprint density at radius 1 is 1.13 bits per heavy atom. The number of fused-ring (bicyclic) bond motifs is 1. The van der Waals surface area contributed by atoms with E-state index in [1.54, 1.807) is 30.3 Å². The summed E-state index contributed by atoms with van der Waals surface area (Å²) >= 11 is 5.39. The molecule has 0 aliphatic rings. The third kappa shape index (κ3) is 5.21. The fourth-order valence-electron chi connectivity index (χ4n) is 3.25. The molecule has 0 unspecified atom stereocenters. The molecular weight excluding hydrogens is 398 g/mol. The summed E-state index contributed by atoms with van der Waals surface area (Å²) < 4.78 is 0. The largest absolute Gasteiger partial charge is 0.370 e. The van der Waals surface area contributed by atoms with Crippen molar-refractivity contribution in [2.24, 2.45) is 0 Å². The first-order chi connectivity index (χ1) is 14.5. The van der Waals surface area contributed by atoms with E-state index in [0.29, 0.717) is 22.3 Å². The topological polar surface area (TPSA) is 90.1 Å². The minimum atomic E-state index is -0.288. The van der Waals surface area contributed by atoms with Crippen molar-refractivity contribution in [3.05, 3.63) is 64.6 Å². The van der Waals surface area contributed by atoms with Gasteiger partial charge in [0.05, 0.1) is 28.6 Å². The third-order valence-corrected chi connectivity index (χ3v) is 4.74. The molecule has 0 saturated heterocycles. The van der Waals surface area contributed by atoms with Crippen molar-refractivity contribution in [1.29, 1.82) is 0 Å². The highest BCUT2D eigenvalue weighted by molar-refractivity contribution is 7.80. The van der Waals surface area contributed by atoms with Gasteiger partial charge in [0.15, 0.2) is 5.11 Å². The molecule has 3 rings (SSSR count). The molecule has 2 aromatic carbocycles. The van der Waals surface area contributed by atoms with E-state index in [9.17, 15) is 9.59 Å². The van der Waals surface area contributed by atoms with Crippen molar-refractivity contribution in [2.75, 3.05) is 23.3 Å². The number of benzene rings is 2. The third-order valence-electron chi connectivity index (χ3n) is 4.53. The van der Waals surface area contributed by atoms with Crippen molar-refractivity contribution >= 4 is 45.6 Å². The van der Waals surface area contributed by atoms with Gasteiger partial charge in [-0.2, -0.15) is 0 Å².